The zero-order chi connectivity index (χ0) is 19.2. The normalized spacial score (nSPS) is 11.1. The van der Waals surface area contributed by atoms with E-state index in [9.17, 15) is 0 Å². The quantitative estimate of drug-likeness (QED) is 0.419. The maximum absolute atomic E-state index is 6.25. The maximum Gasteiger partial charge on any atom is 0.237 e. The third-order valence-electron chi connectivity index (χ3n) is 4.05. The summed E-state index contributed by atoms with van der Waals surface area (Å²) in [6, 6.07) is 7.54. The van der Waals surface area contributed by atoms with E-state index in [1.54, 1.807) is 0 Å². The van der Waals surface area contributed by atoms with Crippen molar-refractivity contribution < 1.29 is 4.52 Å². The van der Waals surface area contributed by atoms with Gasteiger partial charge in [0.2, 0.25) is 5.89 Å². The minimum Gasteiger partial charge on any atom is -0.383 e. The van der Waals surface area contributed by atoms with Crippen molar-refractivity contribution in [1.82, 2.24) is 20.1 Å². The monoisotopic (exact) mass is 403 g/mol. The molecule has 0 aliphatic heterocycles. The molecule has 142 valence electrons. The van der Waals surface area contributed by atoms with Gasteiger partial charge in [-0.2, -0.15) is 4.98 Å². The van der Waals surface area contributed by atoms with Gasteiger partial charge in [-0.25, -0.2) is 9.97 Å². The van der Waals surface area contributed by atoms with Gasteiger partial charge in [-0.1, -0.05) is 60.9 Å². The standard InChI is InChI=1S/C19H22ClN5OS/c1-3-5-6-15-23-16(26-25-15)11-27-19-22-14(4-2)17(18(21)24-19)12-7-9-13(20)10-8-12/h7-10H,3-6,11H2,1-2H3,(H2,21,22,24). The number of halogens is 1. The Morgan fingerprint density at radius 3 is 2.59 bits per heavy atom. The van der Waals surface area contributed by atoms with E-state index in [2.05, 4.69) is 27.0 Å². The number of rotatable bonds is 8. The number of unbranched alkanes of at least 4 members (excludes halogenated alkanes) is 1. The van der Waals surface area contributed by atoms with Crippen LogP contribution in [0.2, 0.25) is 5.02 Å². The Hall–Kier alpha value is -2.12. The summed E-state index contributed by atoms with van der Waals surface area (Å²) in [4.78, 5) is 13.5. The molecule has 0 bridgehead atoms. The summed E-state index contributed by atoms with van der Waals surface area (Å²) >= 11 is 7.42. The van der Waals surface area contributed by atoms with Crippen molar-refractivity contribution in [3.63, 3.8) is 0 Å². The molecule has 2 heterocycles. The van der Waals surface area contributed by atoms with Gasteiger partial charge in [-0.15, -0.1) is 0 Å². The minimum absolute atomic E-state index is 0.459. The number of benzene rings is 1. The van der Waals surface area contributed by atoms with E-state index in [0.717, 1.165) is 48.3 Å². The summed E-state index contributed by atoms with van der Waals surface area (Å²) in [5.74, 6) is 2.30. The first kappa shape index (κ1) is 19.6. The van der Waals surface area contributed by atoms with Crippen LogP contribution in [0.25, 0.3) is 11.1 Å². The molecule has 27 heavy (non-hydrogen) atoms. The fourth-order valence-corrected chi connectivity index (χ4v) is 3.50. The Bertz CT molecular complexity index is 898. The molecule has 0 saturated carbocycles. The van der Waals surface area contributed by atoms with E-state index in [0.29, 0.717) is 27.6 Å². The molecule has 0 aliphatic rings. The summed E-state index contributed by atoms with van der Waals surface area (Å²) in [5.41, 5.74) is 8.97. The molecule has 0 saturated heterocycles. The molecule has 0 fully saturated rings. The van der Waals surface area contributed by atoms with Crippen LogP contribution in [0.5, 0.6) is 0 Å². The summed E-state index contributed by atoms with van der Waals surface area (Å²) < 4.78 is 5.29. The van der Waals surface area contributed by atoms with Gasteiger partial charge in [0.15, 0.2) is 11.0 Å². The minimum atomic E-state index is 0.459. The Morgan fingerprint density at radius 1 is 1.11 bits per heavy atom. The van der Waals surface area contributed by atoms with Gasteiger partial charge in [0.25, 0.3) is 0 Å². The van der Waals surface area contributed by atoms with Gasteiger partial charge in [-0.05, 0) is 30.5 Å². The first-order valence-electron chi connectivity index (χ1n) is 8.97. The average Bonchev–Trinajstić information content (AvgIpc) is 3.13. The molecule has 6 nitrogen and oxygen atoms in total. The molecule has 0 unspecified atom stereocenters. The topological polar surface area (TPSA) is 90.7 Å². The average molecular weight is 404 g/mol. The number of aryl methyl sites for hydroxylation is 2. The number of nitrogens with zero attached hydrogens (tertiary/aromatic N) is 4. The van der Waals surface area contributed by atoms with E-state index >= 15 is 0 Å². The molecule has 0 amide bonds. The smallest absolute Gasteiger partial charge is 0.237 e. The second-order valence-corrected chi connectivity index (χ2v) is 7.45. The lowest BCUT2D eigenvalue weighted by atomic mass is 10.0. The van der Waals surface area contributed by atoms with Crippen molar-refractivity contribution >= 4 is 29.2 Å². The molecule has 2 N–H and O–H groups in total. The molecule has 0 aliphatic carbocycles. The van der Waals surface area contributed by atoms with E-state index in [4.69, 9.17) is 21.9 Å². The third kappa shape index (κ3) is 4.99. The van der Waals surface area contributed by atoms with Crippen LogP contribution in [0.1, 0.15) is 44.1 Å². The number of nitrogen functional groups attached to an aromatic ring is 1. The Balaban J connectivity index is 1.76. The predicted octanol–water partition coefficient (Wildman–Crippen LogP) is 4.96. The highest BCUT2D eigenvalue weighted by molar-refractivity contribution is 7.98. The highest BCUT2D eigenvalue weighted by Crippen LogP contribution is 2.31. The van der Waals surface area contributed by atoms with E-state index in [1.807, 2.05) is 31.2 Å². The predicted molar refractivity (Wildman–Crippen MR) is 109 cm³/mol. The summed E-state index contributed by atoms with van der Waals surface area (Å²) in [6.45, 7) is 4.19. The highest BCUT2D eigenvalue weighted by Gasteiger charge is 2.15. The fourth-order valence-electron chi connectivity index (χ4n) is 2.67. The van der Waals surface area contributed by atoms with Crippen LogP contribution in [0.15, 0.2) is 33.9 Å². The van der Waals surface area contributed by atoms with Crippen molar-refractivity contribution in [2.24, 2.45) is 0 Å². The molecule has 1 aromatic carbocycles. The largest absolute Gasteiger partial charge is 0.383 e. The van der Waals surface area contributed by atoms with Gasteiger partial charge in [0, 0.05) is 17.0 Å². The van der Waals surface area contributed by atoms with Crippen molar-refractivity contribution in [3.05, 3.63) is 46.7 Å². The van der Waals surface area contributed by atoms with Crippen molar-refractivity contribution in [1.29, 1.82) is 0 Å². The molecule has 3 rings (SSSR count). The van der Waals surface area contributed by atoms with Gasteiger partial charge in [-0.3, -0.25) is 0 Å². The molecule has 8 heteroatoms. The number of anilines is 1. The van der Waals surface area contributed by atoms with Crippen molar-refractivity contribution in [3.8, 4) is 11.1 Å². The first-order valence-corrected chi connectivity index (χ1v) is 10.3. The number of hydrogen-bond donors (Lipinski definition) is 1. The lowest BCUT2D eigenvalue weighted by Crippen LogP contribution is -2.04. The molecule has 3 aromatic rings. The number of hydrogen-bond acceptors (Lipinski definition) is 7. The molecule has 0 atom stereocenters. The number of aromatic nitrogens is 4. The van der Waals surface area contributed by atoms with Gasteiger partial charge in [0.1, 0.15) is 5.82 Å². The van der Waals surface area contributed by atoms with Gasteiger partial charge < -0.3 is 10.3 Å². The SMILES string of the molecule is CCCCc1noc(CSc2nc(N)c(-c3ccc(Cl)cc3)c(CC)n2)n1. The summed E-state index contributed by atoms with van der Waals surface area (Å²) in [7, 11) is 0. The Labute approximate surface area is 167 Å². The van der Waals surface area contributed by atoms with Crippen molar-refractivity contribution in [2.45, 2.75) is 50.4 Å². The van der Waals surface area contributed by atoms with Crippen LogP contribution >= 0.6 is 23.4 Å². The van der Waals surface area contributed by atoms with E-state index < -0.39 is 0 Å². The number of nitrogens with two attached hydrogens (primary N) is 1. The Kier molecular flexibility index (Phi) is 6.68. The van der Waals surface area contributed by atoms with Gasteiger partial charge in [0.05, 0.1) is 11.4 Å². The highest BCUT2D eigenvalue weighted by atomic mass is 35.5. The third-order valence-corrected chi connectivity index (χ3v) is 5.13. The lowest BCUT2D eigenvalue weighted by Gasteiger charge is -2.12. The summed E-state index contributed by atoms with van der Waals surface area (Å²) in [6.07, 6.45) is 3.74. The second-order valence-electron chi connectivity index (χ2n) is 6.07. The second kappa shape index (κ2) is 9.19. The van der Waals surface area contributed by atoms with Crippen LogP contribution in [0, 0.1) is 0 Å². The van der Waals surface area contributed by atoms with Crippen LogP contribution in [0.3, 0.4) is 0 Å². The van der Waals surface area contributed by atoms with Crippen molar-refractivity contribution in [2.75, 3.05) is 5.73 Å². The molecule has 0 spiro atoms. The molecular formula is C19H22ClN5OS. The number of thioether (sulfide) groups is 1. The molecule has 2 aromatic heterocycles. The van der Waals surface area contributed by atoms with Crippen LogP contribution < -0.4 is 5.73 Å². The Morgan fingerprint density at radius 2 is 1.89 bits per heavy atom. The first-order chi connectivity index (χ1) is 13.1. The van der Waals surface area contributed by atoms with E-state index in [-0.39, 0.29) is 0 Å². The van der Waals surface area contributed by atoms with E-state index in [1.165, 1.54) is 11.8 Å². The lowest BCUT2D eigenvalue weighted by molar-refractivity contribution is 0.384. The fraction of sp³-hybridized carbons (Fsp3) is 0.368. The summed E-state index contributed by atoms with van der Waals surface area (Å²) in [5, 5.41) is 5.29. The zero-order valence-corrected chi connectivity index (χ0v) is 17.0. The zero-order valence-electron chi connectivity index (χ0n) is 15.4. The van der Waals surface area contributed by atoms with Crippen LogP contribution in [-0.4, -0.2) is 20.1 Å². The molecular weight excluding hydrogens is 382 g/mol. The molecule has 0 radical (unpaired) electrons. The van der Waals surface area contributed by atoms with Crippen LogP contribution in [0.4, 0.5) is 5.82 Å². The van der Waals surface area contributed by atoms with Gasteiger partial charge >= 0.3 is 0 Å². The van der Waals surface area contributed by atoms with Crippen LogP contribution in [-0.2, 0) is 18.6 Å². The maximum atomic E-state index is 6.25.